The normalized spacial score (nSPS) is 12.4. The number of rotatable bonds is 3. The van der Waals surface area contributed by atoms with Crippen LogP contribution in [0.25, 0.3) is 0 Å². The molecular weight excluding hydrogens is 276 g/mol. The second-order valence-corrected chi connectivity index (χ2v) is 4.92. The third-order valence-corrected chi connectivity index (χ3v) is 3.27. The molecule has 0 radical (unpaired) electrons. The number of aromatic nitrogens is 1. The van der Waals surface area contributed by atoms with E-state index in [1.807, 2.05) is 12.3 Å². The fourth-order valence-electron chi connectivity index (χ4n) is 1.75. The third-order valence-electron chi connectivity index (χ3n) is 2.83. The van der Waals surface area contributed by atoms with E-state index in [4.69, 9.17) is 5.73 Å². The molecule has 17 heavy (non-hydrogen) atoms. The summed E-state index contributed by atoms with van der Waals surface area (Å²) in [7, 11) is 0. The minimum Gasteiger partial charge on any atom is -0.320 e. The molecule has 88 valence electrons. The van der Waals surface area contributed by atoms with Crippen LogP contribution in [0.3, 0.4) is 0 Å². The van der Waals surface area contributed by atoms with Gasteiger partial charge in [-0.3, -0.25) is 4.98 Å². The van der Waals surface area contributed by atoms with Crippen LogP contribution in [0, 0.1) is 0 Å². The summed E-state index contributed by atoms with van der Waals surface area (Å²) in [6, 6.07) is 10.3. The lowest BCUT2D eigenvalue weighted by Gasteiger charge is -2.12. The van der Waals surface area contributed by atoms with E-state index >= 15 is 0 Å². The van der Waals surface area contributed by atoms with Crippen molar-refractivity contribution in [1.29, 1.82) is 0 Å². The van der Waals surface area contributed by atoms with Crippen LogP contribution in [0.5, 0.6) is 0 Å². The standard InChI is InChI=1S/C14H15BrN2/c1-2-10-3-5-11(6-4-10)14(16)12-7-13(15)9-17-8-12/h3-9,14H,2,16H2,1H3. The van der Waals surface area contributed by atoms with Crippen molar-refractivity contribution in [3.63, 3.8) is 0 Å². The first-order valence-corrected chi connectivity index (χ1v) is 6.45. The van der Waals surface area contributed by atoms with Gasteiger partial charge >= 0.3 is 0 Å². The molecule has 2 nitrogen and oxygen atoms in total. The van der Waals surface area contributed by atoms with Gasteiger partial charge in [-0.2, -0.15) is 0 Å². The van der Waals surface area contributed by atoms with E-state index in [0.717, 1.165) is 22.0 Å². The Morgan fingerprint density at radius 1 is 1.18 bits per heavy atom. The highest BCUT2D eigenvalue weighted by molar-refractivity contribution is 9.10. The van der Waals surface area contributed by atoms with Gasteiger partial charge in [0.15, 0.2) is 0 Å². The molecule has 0 aliphatic heterocycles. The molecule has 1 unspecified atom stereocenters. The topological polar surface area (TPSA) is 38.9 Å². The van der Waals surface area contributed by atoms with Gasteiger partial charge in [0, 0.05) is 16.9 Å². The average Bonchev–Trinajstić information content (AvgIpc) is 2.38. The number of nitrogens with two attached hydrogens (primary N) is 1. The van der Waals surface area contributed by atoms with Crippen molar-refractivity contribution in [1.82, 2.24) is 4.98 Å². The summed E-state index contributed by atoms with van der Waals surface area (Å²) < 4.78 is 0.954. The Balaban J connectivity index is 2.27. The maximum Gasteiger partial charge on any atom is 0.0567 e. The highest BCUT2D eigenvalue weighted by Gasteiger charge is 2.09. The van der Waals surface area contributed by atoms with E-state index in [2.05, 4.69) is 52.1 Å². The molecule has 0 spiro atoms. The number of hydrogen-bond donors (Lipinski definition) is 1. The predicted octanol–water partition coefficient (Wildman–Crippen LogP) is 3.45. The van der Waals surface area contributed by atoms with Crippen molar-refractivity contribution < 1.29 is 0 Å². The minimum atomic E-state index is -0.120. The Kier molecular flexibility index (Phi) is 3.92. The summed E-state index contributed by atoms with van der Waals surface area (Å²) in [6.07, 6.45) is 4.62. The van der Waals surface area contributed by atoms with Gasteiger partial charge in [0.05, 0.1) is 6.04 Å². The van der Waals surface area contributed by atoms with Gasteiger partial charge in [-0.15, -0.1) is 0 Å². The second-order valence-electron chi connectivity index (χ2n) is 4.01. The van der Waals surface area contributed by atoms with E-state index in [0.29, 0.717) is 0 Å². The molecule has 2 N–H and O–H groups in total. The second kappa shape index (κ2) is 5.43. The maximum atomic E-state index is 6.22. The molecule has 3 heteroatoms. The van der Waals surface area contributed by atoms with Crippen LogP contribution < -0.4 is 5.73 Å². The summed E-state index contributed by atoms with van der Waals surface area (Å²) in [5.74, 6) is 0. The Bertz CT molecular complexity index is 494. The van der Waals surface area contributed by atoms with Crippen LogP contribution in [-0.4, -0.2) is 4.98 Å². The molecule has 0 amide bonds. The highest BCUT2D eigenvalue weighted by atomic mass is 79.9. The quantitative estimate of drug-likeness (QED) is 0.940. The van der Waals surface area contributed by atoms with E-state index in [1.165, 1.54) is 5.56 Å². The molecule has 0 aliphatic carbocycles. The zero-order valence-corrected chi connectivity index (χ0v) is 11.3. The fraction of sp³-hybridized carbons (Fsp3) is 0.214. The number of aryl methyl sites for hydroxylation is 1. The van der Waals surface area contributed by atoms with Crippen molar-refractivity contribution in [2.45, 2.75) is 19.4 Å². The van der Waals surface area contributed by atoms with Crippen molar-refractivity contribution in [3.05, 3.63) is 63.9 Å². The van der Waals surface area contributed by atoms with Gasteiger partial charge in [0.2, 0.25) is 0 Å². The van der Waals surface area contributed by atoms with Crippen molar-refractivity contribution in [2.75, 3.05) is 0 Å². The Morgan fingerprint density at radius 3 is 2.47 bits per heavy atom. The maximum absolute atomic E-state index is 6.22. The third kappa shape index (κ3) is 2.93. The van der Waals surface area contributed by atoms with Gasteiger partial charge in [0.25, 0.3) is 0 Å². The summed E-state index contributed by atoms with van der Waals surface area (Å²) in [5.41, 5.74) is 9.67. The van der Waals surface area contributed by atoms with Crippen molar-refractivity contribution in [3.8, 4) is 0 Å². The zero-order chi connectivity index (χ0) is 12.3. The number of hydrogen-bond acceptors (Lipinski definition) is 2. The summed E-state index contributed by atoms with van der Waals surface area (Å²) >= 11 is 3.41. The molecule has 2 rings (SSSR count). The summed E-state index contributed by atoms with van der Waals surface area (Å²) in [4.78, 5) is 4.14. The summed E-state index contributed by atoms with van der Waals surface area (Å²) in [5, 5.41) is 0. The lowest BCUT2D eigenvalue weighted by molar-refractivity contribution is 0.860. The number of pyridine rings is 1. The van der Waals surface area contributed by atoms with E-state index in [9.17, 15) is 0 Å². The summed E-state index contributed by atoms with van der Waals surface area (Å²) in [6.45, 7) is 2.15. The molecule has 0 saturated heterocycles. The minimum absolute atomic E-state index is 0.120. The lowest BCUT2D eigenvalue weighted by atomic mass is 9.99. The van der Waals surface area contributed by atoms with Crippen LogP contribution in [0.1, 0.15) is 29.7 Å². The van der Waals surface area contributed by atoms with Crippen LogP contribution in [-0.2, 0) is 6.42 Å². The molecule has 1 heterocycles. The van der Waals surface area contributed by atoms with Crippen molar-refractivity contribution in [2.24, 2.45) is 5.73 Å². The molecule has 0 saturated carbocycles. The molecule has 1 aromatic heterocycles. The first-order chi connectivity index (χ1) is 8.20. The molecule has 0 bridgehead atoms. The van der Waals surface area contributed by atoms with Gasteiger partial charge in [0.1, 0.15) is 0 Å². The SMILES string of the molecule is CCc1ccc(C(N)c2cncc(Br)c2)cc1. The number of halogens is 1. The highest BCUT2D eigenvalue weighted by Crippen LogP contribution is 2.21. The van der Waals surface area contributed by atoms with E-state index < -0.39 is 0 Å². The predicted molar refractivity (Wildman–Crippen MR) is 73.8 cm³/mol. The molecule has 2 aromatic rings. The van der Waals surface area contributed by atoms with Gasteiger partial charge in [-0.1, -0.05) is 31.2 Å². The van der Waals surface area contributed by atoms with Crippen LogP contribution >= 0.6 is 15.9 Å². The Hall–Kier alpha value is -1.19. The molecule has 0 aliphatic rings. The van der Waals surface area contributed by atoms with Crippen LogP contribution in [0.4, 0.5) is 0 Å². The monoisotopic (exact) mass is 290 g/mol. The molecule has 1 aromatic carbocycles. The Labute approximate surface area is 110 Å². The molecule has 0 fully saturated rings. The van der Waals surface area contributed by atoms with Crippen LogP contribution in [0.2, 0.25) is 0 Å². The smallest absolute Gasteiger partial charge is 0.0567 e. The first kappa shape index (κ1) is 12.3. The zero-order valence-electron chi connectivity index (χ0n) is 9.73. The fourth-order valence-corrected chi connectivity index (χ4v) is 2.13. The van der Waals surface area contributed by atoms with Crippen molar-refractivity contribution >= 4 is 15.9 Å². The van der Waals surface area contributed by atoms with Crippen LogP contribution in [0.15, 0.2) is 47.2 Å². The molecule has 1 atom stereocenters. The Morgan fingerprint density at radius 2 is 1.88 bits per heavy atom. The van der Waals surface area contributed by atoms with E-state index in [1.54, 1.807) is 6.20 Å². The van der Waals surface area contributed by atoms with E-state index in [-0.39, 0.29) is 6.04 Å². The molecular formula is C14H15BrN2. The average molecular weight is 291 g/mol. The van der Waals surface area contributed by atoms with Gasteiger partial charge in [-0.05, 0) is 45.1 Å². The van der Waals surface area contributed by atoms with Gasteiger partial charge < -0.3 is 5.73 Å². The lowest BCUT2D eigenvalue weighted by Crippen LogP contribution is -2.12. The first-order valence-electron chi connectivity index (χ1n) is 5.65. The largest absolute Gasteiger partial charge is 0.320 e. The number of nitrogens with zero attached hydrogens (tertiary/aromatic N) is 1. The van der Waals surface area contributed by atoms with Gasteiger partial charge in [-0.25, -0.2) is 0 Å². The number of benzene rings is 1.